The van der Waals surface area contributed by atoms with E-state index >= 15 is 0 Å². The highest BCUT2D eigenvalue weighted by Crippen LogP contribution is 2.19. The summed E-state index contributed by atoms with van der Waals surface area (Å²) in [6.07, 6.45) is 4.67. The Labute approximate surface area is 147 Å². The van der Waals surface area contributed by atoms with Gasteiger partial charge >= 0.3 is 0 Å². The van der Waals surface area contributed by atoms with Crippen molar-refractivity contribution >= 4 is 11.3 Å². The second kappa shape index (κ2) is 8.24. The molecule has 0 aliphatic heterocycles. The number of aromatic nitrogens is 2. The van der Waals surface area contributed by atoms with E-state index < -0.39 is 0 Å². The predicted molar refractivity (Wildman–Crippen MR) is 98.3 cm³/mol. The van der Waals surface area contributed by atoms with Crippen LogP contribution in [0.5, 0.6) is 0 Å². The first-order valence-electron chi connectivity index (χ1n) is 8.26. The van der Waals surface area contributed by atoms with Crippen molar-refractivity contribution in [3.8, 4) is 5.69 Å². The molecular formula is C19H23N3OS. The van der Waals surface area contributed by atoms with Crippen molar-refractivity contribution in [1.82, 2.24) is 14.7 Å². The third kappa shape index (κ3) is 4.12. The highest BCUT2D eigenvalue weighted by atomic mass is 32.1. The summed E-state index contributed by atoms with van der Waals surface area (Å²) in [5, 5.41) is 16.2. The van der Waals surface area contributed by atoms with Gasteiger partial charge in [-0.3, -0.25) is 4.90 Å². The Hall–Kier alpha value is -1.95. The van der Waals surface area contributed by atoms with Crippen LogP contribution in [0.15, 0.2) is 60.2 Å². The quantitative estimate of drug-likeness (QED) is 0.679. The number of hydrogen-bond acceptors (Lipinski definition) is 4. The highest BCUT2D eigenvalue weighted by molar-refractivity contribution is 7.09. The number of rotatable bonds is 8. The molecule has 0 aliphatic rings. The molecule has 3 aromatic rings. The second-order valence-electron chi connectivity index (χ2n) is 5.85. The first kappa shape index (κ1) is 16.9. The summed E-state index contributed by atoms with van der Waals surface area (Å²) in [5.41, 5.74) is 2.29. The van der Waals surface area contributed by atoms with Crippen molar-refractivity contribution in [1.29, 1.82) is 0 Å². The van der Waals surface area contributed by atoms with Gasteiger partial charge < -0.3 is 5.11 Å². The van der Waals surface area contributed by atoms with Crippen LogP contribution >= 0.6 is 11.3 Å². The maximum Gasteiger partial charge on any atom is 0.0648 e. The number of nitrogens with zero attached hydrogens (tertiary/aromatic N) is 3. The lowest BCUT2D eigenvalue weighted by Crippen LogP contribution is -2.36. The van der Waals surface area contributed by atoms with Gasteiger partial charge in [0.25, 0.3) is 0 Å². The first-order chi connectivity index (χ1) is 11.8. The summed E-state index contributed by atoms with van der Waals surface area (Å²) in [7, 11) is 0. The number of hydrogen-bond donors (Lipinski definition) is 1. The summed E-state index contributed by atoms with van der Waals surface area (Å²) in [6, 6.07) is 14.8. The minimum Gasteiger partial charge on any atom is -0.395 e. The van der Waals surface area contributed by atoms with Crippen LogP contribution in [0, 0.1) is 0 Å². The van der Waals surface area contributed by atoms with Crippen LogP contribution < -0.4 is 0 Å². The number of thiophene rings is 1. The zero-order chi connectivity index (χ0) is 16.8. The fourth-order valence-corrected chi connectivity index (χ4v) is 3.60. The van der Waals surface area contributed by atoms with E-state index in [9.17, 15) is 5.11 Å². The molecule has 0 saturated heterocycles. The zero-order valence-electron chi connectivity index (χ0n) is 13.9. The van der Waals surface area contributed by atoms with Gasteiger partial charge in [0.2, 0.25) is 0 Å². The lowest BCUT2D eigenvalue weighted by atomic mass is 10.1. The Balaban J connectivity index is 1.80. The molecule has 5 heteroatoms. The normalized spacial score (nSPS) is 12.6. The molecule has 1 atom stereocenters. The molecule has 0 aliphatic carbocycles. The van der Waals surface area contributed by atoms with Crippen molar-refractivity contribution in [2.75, 3.05) is 6.61 Å². The maximum atomic E-state index is 9.76. The SMILES string of the molecule is CC[C@H](CO)N(Cc1cccc(-n2cccn2)c1)Cc1cccs1. The molecule has 0 radical (unpaired) electrons. The summed E-state index contributed by atoms with van der Waals surface area (Å²) in [6.45, 7) is 3.98. The Morgan fingerprint density at radius 2 is 2.12 bits per heavy atom. The van der Waals surface area contributed by atoms with Crippen LogP contribution in [0.25, 0.3) is 5.69 Å². The van der Waals surface area contributed by atoms with E-state index in [1.54, 1.807) is 17.5 Å². The monoisotopic (exact) mass is 341 g/mol. The maximum absolute atomic E-state index is 9.76. The molecule has 0 saturated carbocycles. The van der Waals surface area contributed by atoms with E-state index in [-0.39, 0.29) is 12.6 Å². The molecule has 24 heavy (non-hydrogen) atoms. The van der Waals surface area contributed by atoms with Gasteiger partial charge in [-0.15, -0.1) is 11.3 Å². The van der Waals surface area contributed by atoms with E-state index in [0.29, 0.717) is 0 Å². The Morgan fingerprint density at radius 1 is 1.21 bits per heavy atom. The average Bonchev–Trinajstić information content (AvgIpc) is 3.30. The van der Waals surface area contributed by atoms with Crippen LogP contribution in [0.2, 0.25) is 0 Å². The van der Waals surface area contributed by atoms with Crippen molar-refractivity contribution in [3.05, 3.63) is 70.7 Å². The predicted octanol–water partition coefficient (Wildman–Crippen LogP) is 3.71. The van der Waals surface area contributed by atoms with Crippen LogP contribution in [-0.2, 0) is 13.1 Å². The van der Waals surface area contributed by atoms with E-state index in [1.165, 1.54) is 10.4 Å². The second-order valence-corrected chi connectivity index (χ2v) is 6.88. The number of aliphatic hydroxyl groups excluding tert-OH is 1. The summed E-state index contributed by atoms with van der Waals surface area (Å²) >= 11 is 1.76. The Kier molecular flexibility index (Phi) is 5.80. The van der Waals surface area contributed by atoms with Gasteiger partial charge in [0.05, 0.1) is 12.3 Å². The fraction of sp³-hybridized carbons (Fsp3) is 0.316. The van der Waals surface area contributed by atoms with Crippen molar-refractivity contribution in [3.63, 3.8) is 0 Å². The van der Waals surface area contributed by atoms with Crippen molar-refractivity contribution in [2.24, 2.45) is 0 Å². The van der Waals surface area contributed by atoms with Crippen LogP contribution in [0.3, 0.4) is 0 Å². The molecule has 0 bridgehead atoms. The summed E-state index contributed by atoms with van der Waals surface area (Å²) < 4.78 is 1.87. The van der Waals surface area contributed by atoms with Gasteiger partial charge in [0.15, 0.2) is 0 Å². The van der Waals surface area contributed by atoms with Crippen LogP contribution in [0.4, 0.5) is 0 Å². The van der Waals surface area contributed by atoms with Gasteiger partial charge in [-0.05, 0) is 41.6 Å². The molecule has 0 amide bonds. The van der Waals surface area contributed by atoms with Gasteiger partial charge in [0.1, 0.15) is 0 Å². The van der Waals surface area contributed by atoms with Gasteiger partial charge in [-0.1, -0.05) is 25.1 Å². The largest absolute Gasteiger partial charge is 0.395 e. The summed E-state index contributed by atoms with van der Waals surface area (Å²) in [5.74, 6) is 0. The molecule has 126 valence electrons. The Bertz CT molecular complexity index is 721. The van der Waals surface area contributed by atoms with E-state index in [2.05, 4.69) is 58.7 Å². The van der Waals surface area contributed by atoms with Crippen LogP contribution in [0.1, 0.15) is 23.8 Å². The Morgan fingerprint density at radius 3 is 2.79 bits per heavy atom. The van der Waals surface area contributed by atoms with Crippen LogP contribution in [-0.4, -0.2) is 32.4 Å². The fourth-order valence-electron chi connectivity index (χ4n) is 2.87. The molecule has 1 aromatic carbocycles. The molecule has 2 aromatic heterocycles. The lowest BCUT2D eigenvalue weighted by Gasteiger charge is -2.29. The lowest BCUT2D eigenvalue weighted by molar-refractivity contribution is 0.107. The topological polar surface area (TPSA) is 41.3 Å². The molecule has 0 unspecified atom stereocenters. The van der Waals surface area contributed by atoms with Gasteiger partial charge in [-0.25, -0.2) is 4.68 Å². The third-order valence-corrected chi connectivity index (χ3v) is 5.06. The van der Waals surface area contributed by atoms with E-state index in [0.717, 1.165) is 25.2 Å². The molecule has 2 heterocycles. The average molecular weight is 341 g/mol. The van der Waals surface area contributed by atoms with E-state index in [1.807, 2.05) is 16.9 Å². The number of aliphatic hydroxyl groups is 1. The van der Waals surface area contributed by atoms with Crippen molar-refractivity contribution < 1.29 is 5.11 Å². The van der Waals surface area contributed by atoms with E-state index in [4.69, 9.17) is 0 Å². The minimum atomic E-state index is 0.167. The van der Waals surface area contributed by atoms with Gasteiger partial charge in [0, 0.05) is 36.4 Å². The zero-order valence-corrected chi connectivity index (χ0v) is 14.7. The standard InChI is InChI=1S/C19H23N3OS/c1-2-17(15-23)21(14-19-8-4-11-24-19)13-16-6-3-7-18(12-16)22-10-5-9-20-22/h3-12,17,23H,2,13-15H2,1H3/t17-/m1/s1. The molecular weight excluding hydrogens is 318 g/mol. The highest BCUT2D eigenvalue weighted by Gasteiger charge is 2.17. The van der Waals surface area contributed by atoms with Gasteiger partial charge in [-0.2, -0.15) is 5.10 Å². The molecule has 1 N–H and O–H groups in total. The smallest absolute Gasteiger partial charge is 0.0648 e. The number of benzene rings is 1. The molecule has 0 fully saturated rings. The molecule has 4 nitrogen and oxygen atoms in total. The third-order valence-electron chi connectivity index (χ3n) is 4.20. The van der Waals surface area contributed by atoms with Crippen molar-refractivity contribution in [2.45, 2.75) is 32.5 Å². The summed E-state index contributed by atoms with van der Waals surface area (Å²) in [4.78, 5) is 3.68. The first-order valence-corrected chi connectivity index (χ1v) is 9.14. The molecule has 0 spiro atoms. The molecule has 3 rings (SSSR count). The minimum absolute atomic E-state index is 0.167.